The summed E-state index contributed by atoms with van der Waals surface area (Å²) in [7, 11) is 0. The molecule has 1 aromatic heterocycles. The van der Waals surface area contributed by atoms with E-state index in [1.165, 1.54) is 16.8 Å². The maximum atomic E-state index is 12.6. The molecule has 2 aromatic carbocycles. The molecule has 1 N–H and O–H groups in total. The number of hydrogen-bond donors (Lipinski definition) is 1. The summed E-state index contributed by atoms with van der Waals surface area (Å²) >= 11 is 0. The summed E-state index contributed by atoms with van der Waals surface area (Å²) in [6, 6.07) is 22.5. The molecule has 4 heteroatoms. The molecule has 1 aliphatic rings. The zero-order chi connectivity index (χ0) is 18.6. The fraction of sp³-hybridized carbons (Fsp3) is 0.217. The molecular formula is C23H23N3O. The lowest BCUT2D eigenvalue weighted by molar-refractivity contribution is 0.0954. The SMILES string of the molecule is CC1Cc2ccccc2N1c1cc(C(=O)NCCc2ccccc2)ccn1. The van der Waals surface area contributed by atoms with Crippen molar-refractivity contribution in [1.82, 2.24) is 10.3 Å². The van der Waals surface area contributed by atoms with E-state index in [9.17, 15) is 4.79 Å². The Morgan fingerprint density at radius 2 is 1.89 bits per heavy atom. The lowest BCUT2D eigenvalue weighted by Gasteiger charge is -2.24. The van der Waals surface area contributed by atoms with Crippen molar-refractivity contribution in [3.05, 3.63) is 89.6 Å². The van der Waals surface area contributed by atoms with E-state index in [2.05, 4.69) is 52.5 Å². The van der Waals surface area contributed by atoms with E-state index < -0.39 is 0 Å². The number of carbonyl (C=O) groups is 1. The van der Waals surface area contributed by atoms with Crippen molar-refractivity contribution < 1.29 is 4.79 Å². The molecule has 1 atom stereocenters. The van der Waals surface area contributed by atoms with Gasteiger partial charge in [-0.1, -0.05) is 48.5 Å². The van der Waals surface area contributed by atoms with Gasteiger partial charge in [-0.25, -0.2) is 4.98 Å². The number of rotatable bonds is 5. The number of nitrogens with one attached hydrogen (secondary N) is 1. The number of carbonyl (C=O) groups excluding carboxylic acids is 1. The molecule has 0 fully saturated rings. The van der Waals surface area contributed by atoms with Crippen molar-refractivity contribution in [2.24, 2.45) is 0 Å². The minimum atomic E-state index is -0.0604. The van der Waals surface area contributed by atoms with Gasteiger partial charge in [0.25, 0.3) is 5.91 Å². The van der Waals surface area contributed by atoms with Gasteiger partial charge in [0.2, 0.25) is 0 Å². The van der Waals surface area contributed by atoms with Crippen LogP contribution in [0.4, 0.5) is 11.5 Å². The van der Waals surface area contributed by atoms with Crippen molar-refractivity contribution in [1.29, 1.82) is 0 Å². The molecule has 4 rings (SSSR count). The average Bonchev–Trinajstić information content (AvgIpc) is 3.04. The first kappa shape index (κ1) is 17.3. The number of hydrogen-bond acceptors (Lipinski definition) is 3. The van der Waals surface area contributed by atoms with Gasteiger partial charge >= 0.3 is 0 Å². The number of para-hydroxylation sites is 1. The highest BCUT2D eigenvalue weighted by atomic mass is 16.1. The molecule has 0 bridgehead atoms. The smallest absolute Gasteiger partial charge is 0.251 e. The highest BCUT2D eigenvalue weighted by Gasteiger charge is 2.27. The van der Waals surface area contributed by atoms with Gasteiger partial charge < -0.3 is 10.2 Å². The van der Waals surface area contributed by atoms with Crippen molar-refractivity contribution in [3.8, 4) is 0 Å². The summed E-state index contributed by atoms with van der Waals surface area (Å²) in [5.41, 5.74) is 4.36. The Balaban J connectivity index is 1.47. The summed E-state index contributed by atoms with van der Waals surface area (Å²) in [4.78, 5) is 19.3. The van der Waals surface area contributed by atoms with Crippen LogP contribution in [-0.4, -0.2) is 23.5 Å². The van der Waals surface area contributed by atoms with Crippen molar-refractivity contribution in [2.75, 3.05) is 11.4 Å². The van der Waals surface area contributed by atoms with Crippen LogP contribution in [0, 0.1) is 0 Å². The second-order valence-electron chi connectivity index (χ2n) is 6.95. The predicted molar refractivity (Wildman–Crippen MR) is 108 cm³/mol. The molecule has 0 aliphatic carbocycles. The van der Waals surface area contributed by atoms with Gasteiger partial charge in [0.05, 0.1) is 0 Å². The molecule has 2 heterocycles. The zero-order valence-corrected chi connectivity index (χ0v) is 15.4. The van der Waals surface area contributed by atoms with E-state index in [0.29, 0.717) is 18.2 Å². The number of fused-ring (bicyclic) bond motifs is 1. The predicted octanol–water partition coefficient (Wildman–Crippen LogP) is 4.14. The van der Waals surface area contributed by atoms with E-state index >= 15 is 0 Å². The molecule has 0 saturated carbocycles. The number of anilines is 2. The molecule has 3 aromatic rings. The Kier molecular flexibility index (Phi) is 4.88. The Morgan fingerprint density at radius 1 is 1.11 bits per heavy atom. The Labute approximate surface area is 159 Å². The molecule has 0 radical (unpaired) electrons. The van der Waals surface area contributed by atoms with Crippen molar-refractivity contribution >= 4 is 17.4 Å². The van der Waals surface area contributed by atoms with Gasteiger partial charge in [-0.15, -0.1) is 0 Å². The first-order valence-electron chi connectivity index (χ1n) is 9.37. The van der Waals surface area contributed by atoms with E-state index in [1.807, 2.05) is 30.3 Å². The average molecular weight is 357 g/mol. The number of nitrogens with zero attached hydrogens (tertiary/aromatic N) is 2. The van der Waals surface area contributed by atoms with E-state index in [-0.39, 0.29) is 5.91 Å². The third-order valence-electron chi connectivity index (χ3n) is 5.00. The summed E-state index contributed by atoms with van der Waals surface area (Å²) in [6.07, 6.45) is 3.53. The molecule has 27 heavy (non-hydrogen) atoms. The largest absolute Gasteiger partial charge is 0.352 e. The third kappa shape index (κ3) is 3.70. The van der Waals surface area contributed by atoms with Crippen LogP contribution in [0.3, 0.4) is 0 Å². The zero-order valence-electron chi connectivity index (χ0n) is 15.4. The fourth-order valence-electron chi connectivity index (χ4n) is 3.67. The first-order valence-corrected chi connectivity index (χ1v) is 9.37. The van der Waals surface area contributed by atoms with Crippen LogP contribution in [-0.2, 0) is 12.8 Å². The summed E-state index contributed by atoms with van der Waals surface area (Å²) in [6.45, 7) is 2.80. The van der Waals surface area contributed by atoms with E-state index in [0.717, 1.165) is 18.7 Å². The summed E-state index contributed by atoms with van der Waals surface area (Å²) in [5, 5.41) is 3.01. The van der Waals surface area contributed by atoms with Crippen molar-refractivity contribution in [3.63, 3.8) is 0 Å². The standard InChI is InChI=1S/C23H23N3O/c1-17-15-19-9-5-6-10-21(19)26(17)22-16-20(12-14-24-22)23(27)25-13-11-18-7-3-2-4-8-18/h2-10,12,14,16-17H,11,13,15H2,1H3,(H,25,27). The second kappa shape index (κ2) is 7.62. The molecule has 0 spiro atoms. The number of amides is 1. The van der Waals surface area contributed by atoms with Crippen LogP contribution < -0.4 is 10.2 Å². The van der Waals surface area contributed by atoms with Crippen LogP contribution in [0.2, 0.25) is 0 Å². The van der Waals surface area contributed by atoms with Crippen LogP contribution in [0.15, 0.2) is 72.9 Å². The van der Waals surface area contributed by atoms with Crippen LogP contribution >= 0.6 is 0 Å². The van der Waals surface area contributed by atoms with Crippen LogP contribution in [0.5, 0.6) is 0 Å². The molecular weight excluding hydrogens is 334 g/mol. The number of pyridine rings is 1. The highest BCUT2D eigenvalue weighted by Crippen LogP contribution is 2.37. The monoisotopic (exact) mass is 357 g/mol. The van der Waals surface area contributed by atoms with Crippen molar-refractivity contribution in [2.45, 2.75) is 25.8 Å². The van der Waals surface area contributed by atoms with Gasteiger partial charge in [-0.3, -0.25) is 4.79 Å². The van der Waals surface area contributed by atoms with Gasteiger partial charge in [-0.2, -0.15) is 0 Å². The lowest BCUT2D eigenvalue weighted by atomic mass is 10.1. The van der Waals surface area contributed by atoms with Gasteiger partial charge in [0, 0.05) is 30.0 Å². The number of aromatic nitrogens is 1. The van der Waals surface area contributed by atoms with Gasteiger partial charge in [0.15, 0.2) is 0 Å². The maximum absolute atomic E-state index is 12.6. The maximum Gasteiger partial charge on any atom is 0.251 e. The summed E-state index contributed by atoms with van der Waals surface area (Å²) < 4.78 is 0. The Morgan fingerprint density at radius 3 is 2.74 bits per heavy atom. The quantitative estimate of drug-likeness (QED) is 0.746. The fourth-order valence-corrected chi connectivity index (χ4v) is 3.67. The molecule has 1 unspecified atom stereocenters. The lowest BCUT2D eigenvalue weighted by Crippen LogP contribution is -2.27. The second-order valence-corrected chi connectivity index (χ2v) is 6.95. The minimum absolute atomic E-state index is 0.0604. The molecule has 1 aliphatic heterocycles. The molecule has 1 amide bonds. The summed E-state index contributed by atoms with van der Waals surface area (Å²) in [5.74, 6) is 0.762. The minimum Gasteiger partial charge on any atom is -0.352 e. The van der Waals surface area contributed by atoms with Crippen LogP contribution in [0.25, 0.3) is 0 Å². The number of benzene rings is 2. The molecule has 4 nitrogen and oxygen atoms in total. The topological polar surface area (TPSA) is 45.2 Å². The van der Waals surface area contributed by atoms with Gasteiger partial charge in [-0.05, 0) is 49.1 Å². The normalized spacial score (nSPS) is 15.4. The third-order valence-corrected chi connectivity index (χ3v) is 5.00. The van der Waals surface area contributed by atoms with E-state index in [1.54, 1.807) is 12.3 Å². The van der Waals surface area contributed by atoms with Gasteiger partial charge in [0.1, 0.15) is 5.82 Å². The van der Waals surface area contributed by atoms with Crippen LogP contribution in [0.1, 0.15) is 28.4 Å². The Bertz CT molecular complexity index is 939. The molecule has 0 saturated heterocycles. The highest BCUT2D eigenvalue weighted by molar-refractivity contribution is 5.95. The Hall–Kier alpha value is -3.14. The first-order chi connectivity index (χ1) is 13.2. The van der Waals surface area contributed by atoms with E-state index in [4.69, 9.17) is 0 Å². The molecule has 136 valence electrons.